The zero-order valence-electron chi connectivity index (χ0n) is 25.3. The molecule has 0 saturated carbocycles. The van der Waals surface area contributed by atoms with Crippen LogP contribution in [0.25, 0.3) is 11.8 Å². The van der Waals surface area contributed by atoms with Crippen molar-refractivity contribution in [3.63, 3.8) is 0 Å². The second kappa shape index (κ2) is 12.5. The molecule has 3 heterocycles. The van der Waals surface area contributed by atoms with Crippen molar-refractivity contribution in [3.05, 3.63) is 99.6 Å². The Kier molecular flexibility index (Phi) is 8.45. The SMILES string of the molecule is Cc1cc2c(cc1CS(=O)(=O)CC(=O)N1CCOCC1)CC(C(=O)c1cnn(-c3cnc(Oc4ccccc4F)cc3C)c1N)=C2. The first-order valence-electron chi connectivity index (χ1n) is 14.7. The summed E-state index contributed by atoms with van der Waals surface area (Å²) in [4.78, 5) is 32.0. The van der Waals surface area contributed by atoms with E-state index in [0.29, 0.717) is 55.1 Å². The summed E-state index contributed by atoms with van der Waals surface area (Å²) in [5.41, 5.74) is 11.3. The summed E-state index contributed by atoms with van der Waals surface area (Å²) in [6, 6.07) is 11.3. The van der Waals surface area contributed by atoms with Gasteiger partial charge in [0, 0.05) is 31.1 Å². The Morgan fingerprint density at radius 1 is 1.07 bits per heavy atom. The number of nitrogens with two attached hydrogens (primary N) is 1. The summed E-state index contributed by atoms with van der Waals surface area (Å²) in [6.07, 6.45) is 4.96. The van der Waals surface area contributed by atoms with Crippen molar-refractivity contribution >= 4 is 33.4 Å². The number of amides is 1. The molecule has 2 aromatic heterocycles. The number of rotatable bonds is 9. The summed E-state index contributed by atoms with van der Waals surface area (Å²) in [6.45, 7) is 5.16. The Morgan fingerprint density at radius 2 is 1.83 bits per heavy atom. The minimum atomic E-state index is -3.72. The van der Waals surface area contributed by atoms with Crippen molar-refractivity contribution in [1.29, 1.82) is 0 Å². The number of Topliss-reactive ketones (excluding diaryl/α,β-unsaturated/α-hetero) is 1. The fourth-order valence-corrected chi connectivity index (χ4v) is 7.02. The van der Waals surface area contributed by atoms with Gasteiger partial charge >= 0.3 is 0 Å². The molecular weight excluding hydrogens is 613 g/mol. The zero-order valence-corrected chi connectivity index (χ0v) is 26.1. The summed E-state index contributed by atoms with van der Waals surface area (Å²) < 4.78 is 52.2. The monoisotopic (exact) mass is 645 g/mol. The first-order chi connectivity index (χ1) is 22.0. The summed E-state index contributed by atoms with van der Waals surface area (Å²) in [5, 5.41) is 4.34. The number of morpholine rings is 1. The van der Waals surface area contributed by atoms with Gasteiger partial charge in [0.25, 0.3) is 0 Å². The first-order valence-corrected chi connectivity index (χ1v) is 16.5. The van der Waals surface area contributed by atoms with E-state index in [2.05, 4.69) is 10.1 Å². The molecule has 4 aromatic rings. The van der Waals surface area contributed by atoms with Crippen molar-refractivity contribution in [3.8, 4) is 17.3 Å². The topological polar surface area (TPSA) is 147 Å². The van der Waals surface area contributed by atoms with Gasteiger partial charge in [-0.3, -0.25) is 9.59 Å². The van der Waals surface area contributed by atoms with Gasteiger partial charge in [-0.05, 0) is 59.9 Å². The molecular formula is C33H32FN5O6S. The van der Waals surface area contributed by atoms with Gasteiger partial charge in [-0.15, -0.1) is 0 Å². The number of sulfone groups is 1. The molecule has 1 aliphatic heterocycles. The summed E-state index contributed by atoms with van der Waals surface area (Å²) in [5.74, 6) is -1.71. The molecule has 1 fully saturated rings. The third-order valence-corrected chi connectivity index (χ3v) is 9.51. The first kappa shape index (κ1) is 31.1. The van der Waals surface area contributed by atoms with Gasteiger partial charge in [0.05, 0.1) is 42.6 Å². The van der Waals surface area contributed by atoms with Gasteiger partial charge in [-0.25, -0.2) is 22.5 Å². The predicted octanol–water partition coefficient (Wildman–Crippen LogP) is 3.99. The van der Waals surface area contributed by atoms with Crippen molar-refractivity contribution in [2.45, 2.75) is 26.0 Å². The van der Waals surface area contributed by atoms with Crippen LogP contribution in [0.3, 0.4) is 0 Å². The van der Waals surface area contributed by atoms with Gasteiger partial charge in [-0.1, -0.05) is 24.3 Å². The largest absolute Gasteiger partial charge is 0.436 e. The lowest BCUT2D eigenvalue weighted by atomic mass is 10.0. The van der Waals surface area contributed by atoms with Crippen molar-refractivity contribution in [2.75, 3.05) is 37.8 Å². The van der Waals surface area contributed by atoms with Crippen LogP contribution in [0.2, 0.25) is 0 Å². The minimum absolute atomic E-state index is 0.0438. The Hall–Kier alpha value is -4.88. The van der Waals surface area contributed by atoms with E-state index >= 15 is 0 Å². The number of allylic oxidation sites excluding steroid dienone is 1. The number of aryl methyl sites for hydroxylation is 2. The molecule has 13 heteroatoms. The summed E-state index contributed by atoms with van der Waals surface area (Å²) in [7, 11) is -3.72. The predicted molar refractivity (Wildman–Crippen MR) is 169 cm³/mol. The number of carbonyl (C=O) groups excluding carboxylic acids is 2. The standard InChI is InChI=1S/C33H32FN5O6S/c1-20-11-22-13-24(14-23(22)15-25(20)18-46(42,43)19-31(40)38-7-9-44-10-8-38)32(41)26-16-37-39(33(26)35)28-17-36-30(12-21(28)2)45-29-6-4-3-5-27(29)34/h3-6,11-13,15-17H,7-10,14,18-19,35H2,1-2H3. The maximum atomic E-state index is 14.0. The Balaban J connectivity index is 1.15. The molecule has 46 heavy (non-hydrogen) atoms. The number of para-hydroxylation sites is 1. The number of ketones is 1. The number of nitrogen functional groups attached to an aromatic ring is 1. The van der Waals surface area contributed by atoms with E-state index in [1.165, 1.54) is 34.1 Å². The minimum Gasteiger partial charge on any atom is -0.436 e. The average Bonchev–Trinajstić information content (AvgIpc) is 3.61. The Morgan fingerprint density at radius 3 is 2.57 bits per heavy atom. The number of carbonyl (C=O) groups is 2. The number of pyridine rings is 1. The second-order valence-electron chi connectivity index (χ2n) is 11.4. The van der Waals surface area contributed by atoms with Gasteiger partial charge in [0.1, 0.15) is 11.6 Å². The highest BCUT2D eigenvalue weighted by Gasteiger charge is 2.27. The van der Waals surface area contributed by atoms with Gasteiger partial charge < -0.3 is 20.1 Å². The van der Waals surface area contributed by atoms with Crippen LogP contribution in [0.4, 0.5) is 10.2 Å². The smallest absolute Gasteiger partial charge is 0.237 e. The van der Waals surface area contributed by atoms with Gasteiger partial charge in [0.15, 0.2) is 27.2 Å². The number of hydrogen-bond acceptors (Lipinski definition) is 9. The van der Waals surface area contributed by atoms with Crippen LogP contribution in [0, 0.1) is 19.7 Å². The van der Waals surface area contributed by atoms with Crippen LogP contribution < -0.4 is 10.5 Å². The maximum Gasteiger partial charge on any atom is 0.237 e. The van der Waals surface area contributed by atoms with E-state index in [1.54, 1.807) is 37.3 Å². The van der Waals surface area contributed by atoms with Crippen LogP contribution in [-0.2, 0) is 31.5 Å². The maximum absolute atomic E-state index is 14.0. The van der Waals surface area contributed by atoms with Crippen molar-refractivity contribution < 1.29 is 31.9 Å². The van der Waals surface area contributed by atoms with E-state index < -0.39 is 27.3 Å². The van der Waals surface area contributed by atoms with Crippen LogP contribution in [-0.4, -0.2) is 71.8 Å². The molecule has 11 nitrogen and oxygen atoms in total. The molecule has 0 radical (unpaired) electrons. The molecule has 0 bridgehead atoms. The highest BCUT2D eigenvalue weighted by molar-refractivity contribution is 7.91. The molecule has 2 aromatic carbocycles. The fraction of sp³-hybridized carbons (Fsp3) is 0.273. The lowest BCUT2D eigenvalue weighted by Gasteiger charge is -2.26. The quantitative estimate of drug-likeness (QED) is 0.267. The van der Waals surface area contributed by atoms with Crippen molar-refractivity contribution in [1.82, 2.24) is 19.7 Å². The second-order valence-corrected chi connectivity index (χ2v) is 13.4. The molecule has 1 amide bonds. The average molecular weight is 646 g/mol. The Labute approximate surface area is 265 Å². The van der Waals surface area contributed by atoms with E-state index in [0.717, 1.165) is 16.7 Å². The third-order valence-electron chi connectivity index (χ3n) is 8.07. The van der Waals surface area contributed by atoms with Crippen LogP contribution >= 0.6 is 0 Å². The highest BCUT2D eigenvalue weighted by Crippen LogP contribution is 2.33. The molecule has 0 atom stereocenters. The molecule has 2 aliphatic rings. The normalized spacial score (nSPS) is 14.6. The molecule has 2 N–H and O–H groups in total. The number of benzene rings is 2. The van der Waals surface area contributed by atoms with E-state index in [-0.39, 0.29) is 34.5 Å². The number of hydrogen-bond donors (Lipinski definition) is 1. The van der Waals surface area contributed by atoms with Gasteiger partial charge in [0.2, 0.25) is 11.8 Å². The molecule has 6 rings (SSSR count). The number of aromatic nitrogens is 3. The van der Waals surface area contributed by atoms with E-state index in [1.807, 2.05) is 13.0 Å². The van der Waals surface area contributed by atoms with Gasteiger partial charge in [-0.2, -0.15) is 5.10 Å². The highest BCUT2D eigenvalue weighted by atomic mass is 32.2. The Bertz CT molecular complexity index is 2000. The fourth-order valence-electron chi connectivity index (χ4n) is 5.58. The van der Waals surface area contributed by atoms with E-state index in [4.69, 9.17) is 15.2 Å². The molecule has 0 spiro atoms. The third kappa shape index (κ3) is 6.42. The molecule has 0 unspecified atom stereocenters. The zero-order chi connectivity index (χ0) is 32.6. The number of nitrogens with zero attached hydrogens (tertiary/aromatic N) is 4. The molecule has 1 saturated heterocycles. The van der Waals surface area contributed by atoms with Crippen LogP contribution in [0.15, 0.2) is 60.4 Å². The lowest BCUT2D eigenvalue weighted by molar-refractivity contribution is -0.132. The van der Waals surface area contributed by atoms with Crippen molar-refractivity contribution in [2.24, 2.45) is 0 Å². The van der Waals surface area contributed by atoms with E-state index in [9.17, 15) is 22.4 Å². The lowest BCUT2D eigenvalue weighted by Crippen LogP contribution is -2.43. The van der Waals surface area contributed by atoms with Crippen LogP contribution in [0.1, 0.15) is 38.2 Å². The number of ether oxygens (including phenoxy) is 2. The number of halogens is 1. The number of anilines is 1. The number of fused-ring (bicyclic) bond motifs is 1. The summed E-state index contributed by atoms with van der Waals surface area (Å²) >= 11 is 0. The van der Waals surface area contributed by atoms with Crippen LogP contribution in [0.5, 0.6) is 11.6 Å². The molecule has 238 valence electrons. The molecule has 1 aliphatic carbocycles.